The zero-order valence-corrected chi connectivity index (χ0v) is 14.5. The molecule has 0 aliphatic rings. The number of esters is 1. The lowest BCUT2D eigenvalue weighted by atomic mass is 10.0. The first kappa shape index (κ1) is 18.5. The highest BCUT2D eigenvalue weighted by molar-refractivity contribution is 5.93. The molecule has 1 atom stereocenters. The first-order valence-electron chi connectivity index (χ1n) is 8.32. The van der Waals surface area contributed by atoms with Crippen molar-refractivity contribution in [1.29, 1.82) is 0 Å². The van der Waals surface area contributed by atoms with Crippen LogP contribution in [0.2, 0.25) is 0 Å². The van der Waals surface area contributed by atoms with Gasteiger partial charge in [0.15, 0.2) is 6.61 Å². The maximum Gasteiger partial charge on any atom is 0.342 e. The molecule has 2 rings (SSSR count). The number of rotatable bonds is 8. The molecule has 1 N–H and O–H groups in total. The van der Waals surface area contributed by atoms with Crippen LogP contribution < -0.4 is 10.1 Å². The van der Waals surface area contributed by atoms with Crippen molar-refractivity contribution in [3.05, 3.63) is 65.7 Å². The minimum Gasteiger partial charge on any atom is -0.493 e. The number of para-hydroxylation sites is 1. The van der Waals surface area contributed by atoms with E-state index in [0.717, 1.165) is 5.56 Å². The lowest BCUT2D eigenvalue weighted by molar-refractivity contribution is -0.124. The number of carbonyl (C=O) groups excluding carboxylic acids is 2. The highest BCUT2D eigenvalue weighted by Crippen LogP contribution is 2.18. The molecule has 5 nitrogen and oxygen atoms in total. The van der Waals surface area contributed by atoms with E-state index in [4.69, 9.17) is 9.47 Å². The van der Waals surface area contributed by atoms with E-state index in [2.05, 4.69) is 5.32 Å². The van der Waals surface area contributed by atoms with E-state index in [0.29, 0.717) is 24.5 Å². The Morgan fingerprint density at radius 2 is 1.72 bits per heavy atom. The highest BCUT2D eigenvalue weighted by atomic mass is 16.5. The van der Waals surface area contributed by atoms with Gasteiger partial charge in [0.25, 0.3) is 5.91 Å². The van der Waals surface area contributed by atoms with Gasteiger partial charge in [0, 0.05) is 6.54 Å². The third kappa shape index (κ3) is 5.64. The quantitative estimate of drug-likeness (QED) is 0.749. The number of carbonyl (C=O) groups is 2. The normalized spacial score (nSPS) is 11.4. The lowest BCUT2D eigenvalue weighted by Crippen LogP contribution is -2.31. The molecule has 0 heterocycles. The number of hydrogen-bond donors (Lipinski definition) is 1. The minimum atomic E-state index is -0.574. The van der Waals surface area contributed by atoms with Crippen molar-refractivity contribution in [2.24, 2.45) is 0 Å². The van der Waals surface area contributed by atoms with Gasteiger partial charge >= 0.3 is 5.97 Å². The monoisotopic (exact) mass is 341 g/mol. The Morgan fingerprint density at radius 3 is 2.44 bits per heavy atom. The smallest absolute Gasteiger partial charge is 0.342 e. The average Bonchev–Trinajstić information content (AvgIpc) is 2.65. The summed E-state index contributed by atoms with van der Waals surface area (Å²) < 4.78 is 10.5. The fourth-order valence-corrected chi connectivity index (χ4v) is 2.34. The molecule has 1 amide bonds. The van der Waals surface area contributed by atoms with Crippen molar-refractivity contribution in [1.82, 2.24) is 5.32 Å². The maximum absolute atomic E-state index is 12.1. The van der Waals surface area contributed by atoms with Crippen LogP contribution in [0.4, 0.5) is 0 Å². The van der Waals surface area contributed by atoms with Crippen LogP contribution in [0.25, 0.3) is 0 Å². The van der Waals surface area contributed by atoms with Crippen LogP contribution in [0, 0.1) is 0 Å². The second-order valence-corrected chi connectivity index (χ2v) is 5.62. The van der Waals surface area contributed by atoms with Gasteiger partial charge in [-0.15, -0.1) is 0 Å². The van der Waals surface area contributed by atoms with Gasteiger partial charge in [-0.1, -0.05) is 49.4 Å². The van der Waals surface area contributed by atoms with Gasteiger partial charge < -0.3 is 14.8 Å². The van der Waals surface area contributed by atoms with Crippen LogP contribution >= 0.6 is 0 Å². The van der Waals surface area contributed by atoms with Gasteiger partial charge in [-0.25, -0.2) is 4.79 Å². The van der Waals surface area contributed by atoms with Crippen molar-refractivity contribution < 1.29 is 19.1 Å². The van der Waals surface area contributed by atoms with E-state index in [9.17, 15) is 9.59 Å². The molecular weight excluding hydrogens is 318 g/mol. The van der Waals surface area contributed by atoms with E-state index < -0.39 is 5.97 Å². The van der Waals surface area contributed by atoms with Crippen LogP contribution in [0.1, 0.15) is 35.7 Å². The number of amides is 1. The summed E-state index contributed by atoms with van der Waals surface area (Å²) in [6, 6.07) is 16.7. The van der Waals surface area contributed by atoms with E-state index in [1.165, 1.54) is 0 Å². The number of nitrogens with one attached hydrogen (secondary N) is 1. The molecule has 2 aromatic rings. The first-order valence-corrected chi connectivity index (χ1v) is 8.32. The Kier molecular flexibility index (Phi) is 7.01. The summed E-state index contributed by atoms with van der Waals surface area (Å²) >= 11 is 0. The van der Waals surface area contributed by atoms with E-state index in [1.54, 1.807) is 24.3 Å². The fraction of sp³-hybridized carbons (Fsp3) is 0.300. The Morgan fingerprint density at radius 1 is 1.04 bits per heavy atom. The van der Waals surface area contributed by atoms with Gasteiger partial charge in [0.2, 0.25) is 0 Å². The molecule has 132 valence electrons. The van der Waals surface area contributed by atoms with Crippen LogP contribution in [0.5, 0.6) is 5.75 Å². The largest absolute Gasteiger partial charge is 0.493 e. The van der Waals surface area contributed by atoms with Crippen molar-refractivity contribution >= 4 is 11.9 Å². The second kappa shape index (κ2) is 9.47. The molecule has 0 aliphatic heterocycles. The maximum atomic E-state index is 12.1. The van der Waals surface area contributed by atoms with E-state index in [-0.39, 0.29) is 18.4 Å². The Hall–Kier alpha value is -2.82. The van der Waals surface area contributed by atoms with Crippen LogP contribution in [0.15, 0.2) is 54.6 Å². The number of ether oxygens (including phenoxy) is 2. The Labute approximate surface area is 148 Å². The predicted octanol–water partition coefficient (Wildman–Crippen LogP) is 3.16. The molecule has 0 bridgehead atoms. The van der Waals surface area contributed by atoms with Gasteiger partial charge in [0.1, 0.15) is 11.3 Å². The fourth-order valence-electron chi connectivity index (χ4n) is 2.34. The summed E-state index contributed by atoms with van der Waals surface area (Å²) in [7, 11) is 0. The van der Waals surface area contributed by atoms with Crippen LogP contribution in [-0.4, -0.2) is 31.6 Å². The zero-order chi connectivity index (χ0) is 18.1. The van der Waals surface area contributed by atoms with Crippen molar-refractivity contribution in [3.63, 3.8) is 0 Å². The molecule has 0 saturated carbocycles. The first-order chi connectivity index (χ1) is 12.1. The van der Waals surface area contributed by atoms with Crippen LogP contribution in [-0.2, 0) is 9.53 Å². The molecule has 5 heteroatoms. The van der Waals surface area contributed by atoms with Crippen molar-refractivity contribution in [2.75, 3.05) is 19.8 Å². The second-order valence-electron chi connectivity index (χ2n) is 5.62. The SMILES string of the molecule is CCOc1ccccc1C(=O)OCC(=O)NC[C@H](C)c1ccccc1. The zero-order valence-electron chi connectivity index (χ0n) is 14.5. The number of hydrogen-bond acceptors (Lipinski definition) is 4. The van der Waals surface area contributed by atoms with Crippen molar-refractivity contribution in [2.45, 2.75) is 19.8 Å². The summed E-state index contributed by atoms with van der Waals surface area (Å²) in [5, 5.41) is 2.78. The Bertz CT molecular complexity index is 700. The third-order valence-electron chi connectivity index (χ3n) is 3.72. The topological polar surface area (TPSA) is 64.6 Å². The highest BCUT2D eigenvalue weighted by Gasteiger charge is 2.15. The average molecular weight is 341 g/mol. The molecule has 0 saturated heterocycles. The minimum absolute atomic E-state index is 0.180. The standard InChI is InChI=1S/C20H23NO4/c1-3-24-18-12-8-7-11-17(18)20(23)25-14-19(22)21-13-15(2)16-9-5-4-6-10-16/h4-12,15H,3,13-14H2,1-2H3,(H,21,22)/t15-/m0/s1. The van der Waals surface area contributed by atoms with Gasteiger partial charge in [-0.2, -0.15) is 0 Å². The molecule has 0 fully saturated rings. The van der Waals surface area contributed by atoms with Crippen molar-refractivity contribution in [3.8, 4) is 5.75 Å². The summed E-state index contributed by atoms with van der Waals surface area (Å²) in [5.74, 6) is -0.270. The van der Waals surface area contributed by atoms with Gasteiger partial charge in [-0.05, 0) is 30.5 Å². The summed E-state index contributed by atoms with van der Waals surface area (Å²) in [6.07, 6.45) is 0. The summed E-state index contributed by atoms with van der Waals surface area (Å²) in [6.45, 7) is 4.47. The molecule has 0 unspecified atom stereocenters. The molecule has 0 aromatic heterocycles. The molecule has 0 spiro atoms. The summed E-state index contributed by atoms with van der Waals surface area (Å²) in [4.78, 5) is 24.0. The molecule has 2 aromatic carbocycles. The molecule has 0 radical (unpaired) electrons. The van der Waals surface area contributed by atoms with Gasteiger partial charge in [-0.3, -0.25) is 4.79 Å². The predicted molar refractivity (Wildman–Crippen MR) is 95.8 cm³/mol. The Balaban J connectivity index is 1.81. The third-order valence-corrected chi connectivity index (χ3v) is 3.72. The summed E-state index contributed by atoms with van der Waals surface area (Å²) in [5.41, 5.74) is 1.46. The van der Waals surface area contributed by atoms with Crippen LogP contribution in [0.3, 0.4) is 0 Å². The van der Waals surface area contributed by atoms with E-state index >= 15 is 0 Å². The van der Waals surface area contributed by atoms with E-state index in [1.807, 2.05) is 44.2 Å². The molecule has 25 heavy (non-hydrogen) atoms. The lowest BCUT2D eigenvalue weighted by Gasteiger charge is -2.13. The molecule has 0 aliphatic carbocycles. The number of benzene rings is 2. The molecular formula is C20H23NO4. The van der Waals surface area contributed by atoms with Gasteiger partial charge in [0.05, 0.1) is 6.61 Å².